The van der Waals surface area contributed by atoms with Gasteiger partial charge < -0.3 is 4.74 Å². The lowest BCUT2D eigenvalue weighted by Crippen LogP contribution is -2.53. The summed E-state index contributed by atoms with van der Waals surface area (Å²) in [4.78, 5) is 16.8. The molecule has 3 nitrogen and oxygen atoms in total. The van der Waals surface area contributed by atoms with Crippen LogP contribution in [0.1, 0.15) is 48.0 Å². The van der Waals surface area contributed by atoms with E-state index in [4.69, 9.17) is 4.74 Å². The Morgan fingerprint density at radius 1 is 1.22 bits per heavy atom. The van der Waals surface area contributed by atoms with E-state index < -0.39 is 13.7 Å². The predicted octanol–water partition coefficient (Wildman–Crippen LogP) is 4.46. The minimum Gasteiger partial charge on any atom is -0.457 e. The highest BCUT2D eigenvalue weighted by Gasteiger charge is 2.42. The largest absolute Gasteiger partial charge is 0.457 e. The van der Waals surface area contributed by atoms with Crippen LogP contribution < -0.4 is 5.32 Å². The molecule has 1 heterocycles. The maximum Gasteiger partial charge on any atom is 0.333 e. The molecular formula is C19H31NO2Si. The Kier molecular flexibility index (Phi) is 5.97. The smallest absolute Gasteiger partial charge is 0.333 e. The molecule has 1 atom stereocenters. The van der Waals surface area contributed by atoms with Crippen LogP contribution in [0.3, 0.4) is 0 Å². The molecule has 0 saturated heterocycles. The molecule has 0 bridgehead atoms. The summed E-state index contributed by atoms with van der Waals surface area (Å²) in [6, 6.07) is 7.04. The molecule has 0 aliphatic heterocycles. The molecule has 0 aromatic carbocycles. The number of nitrogens with zero attached hydrogens (tertiary/aromatic N) is 1. The van der Waals surface area contributed by atoms with Crippen LogP contribution in [0.2, 0.25) is 17.6 Å². The van der Waals surface area contributed by atoms with E-state index in [2.05, 4.69) is 44.9 Å². The van der Waals surface area contributed by atoms with Crippen molar-refractivity contribution in [3.63, 3.8) is 0 Å². The first-order valence-corrected chi connectivity index (χ1v) is 10.9. The molecule has 1 unspecified atom stereocenters. The number of hydrogen-bond donors (Lipinski definition) is 0. The fraction of sp³-hybridized carbons (Fsp3) is 0.579. The van der Waals surface area contributed by atoms with Crippen molar-refractivity contribution < 1.29 is 9.53 Å². The van der Waals surface area contributed by atoms with Crippen LogP contribution in [-0.4, -0.2) is 24.6 Å². The lowest BCUT2D eigenvalue weighted by atomic mass is 10.2. The lowest BCUT2D eigenvalue weighted by molar-refractivity contribution is -0.149. The Balaban J connectivity index is 2.89. The third kappa shape index (κ3) is 5.31. The molecule has 0 aliphatic carbocycles. The molecule has 1 rings (SSSR count). The van der Waals surface area contributed by atoms with Crippen LogP contribution in [0.25, 0.3) is 0 Å². The van der Waals surface area contributed by atoms with Crippen LogP contribution in [0.4, 0.5) is 0 Å². The monoisotopic (exact) mass is 333 g/mol. The SMILES string of the molecule is C=C(CC[Si](C)(c1ccccn1)C(C)(C)C)C(=O)OC(C)(C)C. The van der Waals surface area contributed by atoms with Gasteiger partial charge >= 0.3 is 5.97 Å². The van der Waals surface area contributed by atoms with E-state index >= 15 is 0 Å². The van der Waals surface area contributed by atoms with Gasteiger partial charge in [0.25, 0.3) is 0 Å². The van der Waals surface area contributed by atoms with Crippen molar-refractivity contribution in [2.45, 2.75) is 71.2 Å². The van der Waals surface area contributed by atoms with Gasteiger partial charge in [0.05, 0.1) is 0 Å². The Hall–Kier alpha value is -1.42. The first-order chi connectivity index (χ1) is 10.4. The van der Waals surface area contributed by atoms with E-state index in [1.165, 1.54) is 5.32 Å². The number of carbonyl (C=O) groups excluding carboxylic acids is 1. The normalized spacial score (nSPS) is 14.9. The van der Waals surface area contributed by atoms with Crippen LogP contribution in [0.15, 0.2) is 36.5 Å². The highest BCUT2D eigenvalue weighted by Crippen LogP contribution is 2.39. The first-order valence-electron chi connectivity index (χ1n) is 8.19. The molecule has 0 fully saturated rings. The van der Waals surface area contributed by atoms with Crippen molar-refractivity contribution in [1.82, 2.24) is 4.98 Å². The molecule has 0 spiro atoms. The van der Waals surface area contributed by atoms with Crippen molar-refractivity contribution in [3.05, 3.63) is 36.5 Å². The Morgan fingerprint density at radius 3 is 2.26 bits per heavy atom. The third-order valence-corrected chi connectivity index (χ3v) is 10.5. The van der Waals surface area contributed by atoms with Gasteiger partial charge in [-0.15, -0.1) is 0 Å². The summed E-state index contributed by atoms with van der Waals surface area (Å²) in [5.41, 5.74) is 0.0741. The van der Waals surface area contributed by atoms with E-state index in [0.29, 0.717) is 12.0 Å². The van der Waals surface area contributed by atoms with E-state index in [1.807, 2.05) is 39.1 Å². The van der Waals surface area contributed by atoms with Gasteiger partial charge in [-0.1, -0.05) is 40.0 Å². The Bertz CT molecular complexity index is 555. The van der Waals surface area contributed by atoms with Gasteiger partial charge in [0.15, 0.2) is 0 Å². The summed E-state index contributed by atoms with van der Waals surface area (Å²) in [6.45, 7) is 18.7. The zero-order valence-electron chi connectivity index (χ0n) is 15.7. The van der Waals surface area contributed by atoms with Crippen LogP contribution >= 0.6 is 0 Å². The van der Waals surface area contributed by atoms with Gasteiger partial charge in [-0.2, -0.15) is 0 Å². The third-order valence-electron chi connectivity index (χ3n) is 4.50. The molecule has 0 aliphatic rings. The maximum absolute atomic E-state index is 12.1. The van der Waals surface area contributed by atoms with Crippen LogP contribution in [0.5, 0.6) is 0 Å². The Morgan fingerprint density at radius 2 is 1.83 bits per heavy atom. The average molecular weight is 334 g/mol. The second-order valence-electron chi connectivity index (χ2n) is 8.40. The van der Waals surface area contributed by atoms with Crippen molar-refractivity contribution in [2.75, 3.05) is 0 Å². The van der Waals surface area contributed by atoms with E-state index in [0.717, 1.165) is 6.04 Å². The number of carbonyl (C=O) groups is 1. The second kappa shape index (κ2) is 6.99. The molecule has 23 heavy (non-hydrogen) atoms. The first kappa shape index (κ1) is 19.6. The van der Waals surface area contributed by atoms with Crippen molar-refractivity contribution >= 4 is 19.4 Å². The zero-order chi connectivity index (χ0) is 17.9. The number of pyridine rings is 1. The van der Waals surface area contributed by atoms with Gasteiger partial charge in [0, 0.05) is 17.1 Å². The van der Waals surface area contributed by atoms with Crippen LogP contribution in [-0.2, 0) is 9.53 Å². The fourth-order valence-corrected chi connectivity index (χ4v) is 5.83. The van der Waals surface area contributed by atoms with Gasteiger partial charge in [-0.3, -0.25) is 4.98 Å². The molecule has 0 saturated carbocycles. The summed E-state index contributed by atoms with van der Waals surface area (Å²) >= 11 is 0. The Labute approximate surface area is 142 Å². The standard InChI is InChI=1S/C19H31NO2Si/c1-15(17(21)22-18(2,3)4)12-14-23(8,19(5,6)7)16-11-9-10-13-20-16/h9-11,13H,1,12,14H2,2-8H3. The summed E-state index contributed by atoms with van der Waals surface area (Å²) in [5.74, 6) is -0.288. The van der Waals surface area contributed by atoms with Gasteiger partial charge in [-0.05, 0) is 50.4 Å². The molecule has 0 N–H and O–H groups in total. The number of aromatic nitrogens is 1. The highest BCUT2D eigenvalue weighted by atomic mass is 28.3. The van der Waals surface area contributed by atoms with E-state index in [-0.39, 0.29) is 11.0 Å². The van der Waals surface area contributed by atoms with Gasteiger partial charge in [0.1, 0.15) is 13.7 Å². The fourth-order valence-electron chi connectivity index (χ4n) is 2.43. The van der Waals surface area contributed by atoms with E-state index in [9.17, 15) is 4.79 Å². The molecule has 1 aromatic heterocycles. The summed E-state index contributed by atoms with van der Waals surface area (Å²) in [5, 5.41) is 1.33. The number of esters is 1. The minimum absolute atomic E-state index is 0.148. The molecule has 0 amide bonds. The predicted molar refractivity (Wildman–Crippen MR) is 99.6 cm³/mol. The van der Waals surface area contributed by atoms with Gasteiger partial charge in [-0.25, -0.2) is 4.79 Å². The minimum atomic E-state index is -1.87. The molecule has 4 heteroatoms. The average Bonchev–Trinajstić information content (AvgIpc) is 2.42. The van der Waals surface area contributed by atoms with Crippen molar-refractivity contribution in [3.8, 4) is 0 Å². The number of hydrogen-bond acceptors (Lipinski definition) is 3. The molecular weight excluding hydrogens is 302 g/mol. The van der Waals surface area contributed by atoms with Crippen LogP contribution in [0, 0.1) is 0 Å². The quantitative estimate of drug-likeness (QED) is 0.454. The summed E-state index contributed by atoms with van der Waals surface area (Å²) in [7, 11) is -1.87. The maximum atomic E-state index is 12.1. The van der Waals surface area contributed by atoms with Crippen molar-refractivity contribution in [2.24, 2.45) is 0 Å². The van der Waals surface area contributed by atoms with Gasteiger partial charge in [0.2, 0.25) is 0 Å². The molecule has 1 aromatic rings. The molecule has 128 valence electrons. The second-order valence-corrected chi connectivity index (χ2v) is 13.6. The number of rotatable bonds is 5. The lowest BCUT2D eigenvalue weighted by Gasteiger charge is -2.39. The molecule has 0 radical (unpaired) electrons. The highest BCUT2D eigenvalue weighted by molar-refractivity contribution is 6.92. The zero-order valence-corrected chi connectivity index (χ0v) is 16.7. The topological polar surface area (TPSA) is 39.2 Å². The van der Waals surface area contributed by atoms with E-state index in [1.54, 1.807) is 0 Å². The summed E-state index contributed by atoms with van der Waals surface area (Å²) in [6.07, 6.45) is 2.51. The number of ether oxygens (including phenoxy) is 1. The van der Waals surface area contributed by atoms with Crippen molar-refractivity contribution in [1.29, 1.82) is 0 Å². The summed E-state index contributed by atoms with van der Waals surface area (Å²) < 4.78 is 5.42.